The third kappa shape index (κ3) is 3.85. The summed E-state index contributed by atoms with van der Waals surface area (Å²) in [6.45, 7) is 0. The van der Waals surface area contributed by atoms with Crippen LogP contribution in [0, 0.1) is 0 Å². The minimum atomic E-state index is 0.119. The molecule has 0 heterocycles. The van der Waals surface area contributed by atoms with Crippen LogP contribution in [0.2, 0.25) is 0 Å². The van der Waals surface area contributed by atoms with E-state index in [4.69, 9.17) is 4.74 Å². The first-order valence-corrected chi connectivity index (χ1v) is 5.39. The van der Waals surface area contributed by atoms with Crippen molar-refractivity contribution >= 4 is 12.1 Å². The number of rotatable bonds is 7. The lowest BCUT2D eigenvalue weighted by Crippen LogP contribution is -1.98. The molecule has 1 aromatic rings. The van der Waals surface area contributed by atoms with Crippen molar-refractivity contribution in [2.24, 2.45) is 0 Å². The molecule has 0 aliphatic rings. The number of carbonyl (C=O) groups is 2. The molecule has 0 atom stereocenters. The molecule has 0 aliphatic heterocycles. The van der Waals surface area contributed by atoms with Crippen molar-refractivity contribution in [2.45, 2.75) is 25.7 Å². The molecular formula is C13H16O3. The third-order valence-electron chi connectivity index (χ3n) is 2.39. The number of carbonyl (C=O) groups excluding carboxylic acids is 2. The summed E-state index contributed by atoms with van der Waals surface area (Å²) >= 11 is 0. The Kier molecular flexibility index (Phi) is 5.26. The van der Waals surface area contributed by atoms with E-state index in [0.717, 1.165) is 24.9 Å². The van der Waals surface area contributed by atoms with Crippen LogP contribution in [-0.2, 0) is 4.79 Å². The Morgan fingerprint density at radius 3 is 2.50 bits per heavy atom. The topological polar surface area (TPSA) is 43.4 Å². The van der Waals surface area contributed by atoms with E-state index in [-0.39, 0.29) is 5.78 Å². The van der Waals surface area contributed by atoms with Crippen molar-refractivity contribution in [2.75, 3.05) is 7.11 Å². The van der Waals surface area contributed by atoms with Crippen LogP contribution in [0.3, 0.4) is 0 Å². The number of ether oxygens (including phenoxy) is 1. The minimum Gasteiger partial charge on any atom is -0.497 e. The van der Waals surface area contributed by atoms with Crippen LogP contribution in [0.1, 0.15) is 36.0 Å². The average molecular weight is 220 g/mol. The van der Waals surface area contributed by atoms with Crippen molar-refractivity contribution in [3.05, 3.63) is 29.8 Å². The van der Waals surface area contributed by atoms with Gasteiger partial charge in [-0.05, 0) is 37.1 Å². The summed E-state index contributed by atoms with van der Waals surface area (Å²) in [5.41, 5.74) is 0.701. The quantitative estimate of drug-likeness (QED) is 0.403. The lowest BCUT2D eigenvalue weighted by molar-refractivity contribution is -0.107. The number of hydrogen-bond donors (Lipinski definition) is 0. The minimum absolute atomic E-state index is 0.119. The van der Waals surface area contributed by atoms with Gasteiger partial charge in [-0.25, -0.2) is 0 Å². The molecule has 0 amide bonds. The molecule has 0 spiro atoms. The van der Waals surface area contributed by atoms with E-state index in [2.05, 4.69) is 0 Å². The van der Waals surface area contributed by atoms with Crippen molar-refractivity contribution < 1.29 is 14.3 Å². The zero-order valence-electron chi connectivity index (χ0n) is 9.44. The molecule has 16 heavy (non-hydrogen) atoms. The molecule has 0 saturated heterocycles. The Hall–Kier alpha value is -1.64. The van der Waals surface area contributed by atoms with Gasteiger partial charge in [0.25, 0.3) is 0 Å². The summed E-state index contributed by atoms with van der Waals surface area (Å²) in [4.78, 5) is 21.8. The number of unbranched alkanes of at least 4 members (excludes halogenated alkanes) is 2. The molecule has 1 rings (SSSR count). The number of hydrogen-bond acceptors (Lipinski definition) is 3. The summed E-state index contributed by atoms with van der Waals surface area (Å²) in [5.74, 6) is 0.867. The molecule has 0 saturated carbocycles. The monoisotopic (exact) mass is 220 g/mol. The van der Waals surface area contributed by atoms with Gasteiger partial charge in [0.2, 0.25) is 0 Å². The van der Waals surface area contributed by atoms with Crippen LogP contribution in [-0.4, -0.2) is 19.2 Å². The highest BCUT2D eigenvalue weighted by Crippen LogP contribution is 2.13. The summed E-state index contributed by atoms with van der Waals surface area (Å²) in [7, 11) is 1.59. The van der Waals surface area contributed by atoms with Crippen LogP contribution < -0.4 is 4.74 Å². The lowest BCUT2D eigenvalue weighted by Gasteiger charge is -2.02. The maximum Gasteiger partial charge on any atom is 0.162 e. The standard InChI is InChI=1S/C13H16O3/c1-16-12-8-6-11(7-9-12)13(15)5-3-2-4-10-14/h6-10H,2-5H2,1H3. The Labute approximate surface area is 95.4 Å². The number of methoxy groups -OCH3 is 1. The number of aldehydes is 1. The second-order valence-electron chi connectivity index (χ2n) is 3.56. The van der Waals surface area contributed by atoms with E-state index in [0.29, 0.717) is 18.4 Å². The molecule has 1 aromatic carbocycles. The van der Waals surface area contributed by atoms with E-state index >= 15 is 0 Å². The fraction of sp³-hybridized carbons (Fsp3) is 0.385. The van der Waals surface area contributed by atoms with Crippen LogP contribution in [0.25, 0.3) is 0 Å². The Balaban J connectivity index is 2.43. The highest BCUT2D eigenvalue weighted by molar-refractivity contribution is 5.96. The molecule has 0 fully saturated rings. The first-order valence-electron chi connectivity index (χ1n) is 5.39. The molecule has 0 aliphatic carbocycles. The lowest BCUT2D eigenvalue weighted by atomic mass is 10.0. The fourth-order valence-electron chi connectivity index (χ4n) is 1.43. The van der Waals surface area contributed by atoms with Crippen molar-refractivity contribution in [3.63, 3.8) is 0 Å². The van der Waals surface area contributed by atoms with E-state index in [1.807, 2.05) is 0 Å². The molecule has 86 valence electrons. The zero-order chi connectivity index (χ0) is 11.8. The van der Waals surface area contributed by atoms with E-state index in [1.54, 1.807) is 31.4 Å². The highest BCUT2D eigenvalue weighted by atomic mass is 16.5. The van der Waals surface area contributed by atoms with Crippen molar-refractivity contribution in [1.82, 2.24) is 0 Å². The molecule has 3 nitrogen and oxygen atoms in total. The SMILES string of the molecule is COc1ccc(C(=O)CCCCC=O)cc1. The maximum absolute atomic E-state index is 11.7. The predicted molar refractivity (Wildman–Crippen MR) is 61.9 cm³/mol. The summed E-state index contributed by atoms with van der Waals surface area (Å²) < 4.78 is 5.01. The number of ketones is 1. The third-order valence-corrected chi connectivity index (χ3v) is 2.39. The number of Topliss-reactive ketones (excluding diaryl/α,β-unsaturated/α-hetero) is 1. The van der Waals surface area contributed by atoms with Gasteiger partial charge >= 0.3 is 0 Å². The van der Waals surface area contributed by atoms with Crippen LogP contribution in [0.5, 0.6) is 5.75 Å². The normalized spacial score (nSPS) is 9.81. The first-order chi connectivity index (χ1) is 7.77. The van der Waals surface area contributed by atoms with E-state index in [9.17, 15) is 9.59 Å². The van der Waals surface area contributed by atoms with Gasteiger partial charge in [0.15, 0.2) is 5.78 Å². The average Bonchev–Trinajstić information content (AvgIpc) is 2.34. The van der Waals surface area contributed by atoms with Crippen LogP contribution in [0.4, 0.5) is 0 Å². The van der Waals surface area contributed by atoms with Gasteiger partial charge in [0.1, 0.15) is 12.0 Å². The molecule has 0 bridgehead atoms. The van der Waals surface area contributed by atoms with Gasteiger partial charge in [0, 0.05) is 18.4 Å². The molecule has 3 heteroatoms. The molecule has 0 aromatic heterocycles. The zero-order valence-corrected chi connectivity index (χ0v) is 9.44. The van der Waals surface area contributed by atoms with Gasteiger partial charge in [-0.3, -0.25) is 4.79 Å². The van der Waals surface area contributed by atoms with Crippen molar-refractivity contribution in [3.8, 4) is 5.75 Å². The highest BCUT2D eigenvalue weighted by Gasteiger charge is 2.05. The van der Waals surface area contributed by atoms with Gasteiger partial charge in [-0.1, -0.05) is 0 Å². The van der Waals surface area contributed by atoms with Crippen molar-refractivity contribution in [1.29, 1.82) is 0 Å². The summed E-state index contributed by atoms with van der Waals surface area (Å²) in [6, 6.07) is 7.08. The molecule has 0 radical (unpaired) electrons. The Morgan fingerprint density at radius 2 is 1.94 bits per heavy atom. The Bertz CT molecular complexity index is 341. The summed E-state index contributed by atoms with van der Waals surface area (Å²) in [6.07, 6.45) is 3.48. The second kappa shape index (κ2) is 6.77. The van der Waals surface area contributed by atoms with Gasteiger partial charge < -0.3 is 9.53 Å². The molecular weight excluding hydrogens is 204 g/mol. The maximum atomic E-state index is 11.7. The predicted octanol–water partition coefficient (Wildman–Crippen LogP) is 2.64. The van der Waals surface area contributed by atoms with E-state index in [1.165, 1.54) is 0 Å². The van der Waals surface area contributed by atoms with Gasteiger partial charge in [-0.2, -0.15) is 0 Å². The fourth-order valence-corrected chi connectivity index (χ4v) is 1.43. The van der Waals surface area contributed by atoms with Crippen LogP contribution >= 0.6 is 0 Å². The Morgan fingerprint density at radius 1 is 1.25 bits per heavy atom. The molecule has 0 unspecified atom stereocenters. The van der Waals surface area contributed by atoms with Crippen LogP contribution in [0.15, 0.2) is 24.3 Å². The largest absolute Gasteiger partial charge is 0.497 e. The molecule has 0 N–H and O–H groups in total. The van der Waals surface area contributed by atoms with Gasteiger partial charge in [0.05, 0.1) is 7.11 Å². The smallest absolute Gasteiger partial charge is 0.162 e. The van der Waals surface area contributed by atoms with E-state index < -0.39 is 0 Å². The number of benzene rings is 1. The second-order valence-corrected chi connectivity index (χ2v) is 3.56. The van der Waals surface area contributed by atoms with Gasteiger partial charge in [-0.15, -0.1) is 0 Å². The summed E-state index contributed by atoms with van der Waals surface area (Å²) in [5, 5.41) is 0. The first kappa shape index (κ1) is 12.4.